The van der Waals surface area contributed by atoms with Crippen LogP contribution in [0.5, 0.6) is 5.75 Å². The monoisotopic (exact) mass is 434 g/mol. The zero-order chi connectivity index (χ0) is 22.1. The smallest absolute Gasteiger partial charge is 0.330 e. The highest BCUT2D eigenvalue weighted by Crippen LogP contribution is 2.33. The van der Waals surface area contributed by atoms with Gasteiger partial charge in [0, 0.05) is 10.6 Å². The lowest BCUT2D eigenvalue weighted by atomic mass is 10.1. The average molecular weight is 435 g/mol. The number of halogens is 1. The highest BCUT2D eigenvalue weighted by Gasteiger charge is 2.25. The number of hydrogen-bond donors (Lipinski definition) is 4. The van der Waals surface area contributed by atoms with Gasteiger partial charge in [0.1, 0.15) is 28.9 Å². The lowest BCUT2D eigenvalue weighted by molar-refractivity contribution is 0.473. The summed E-state index contributed by atoms with van der Waals surface area (Å²) in [7, 11) is 0. The number of rotatable bonds is 3. The topological polar surface area (TPSA) is 149 Å². The number of hydrogen-bond acceptors (Lipinski definition) is 7. The molecule has 0 saturated heterocycles. The van der Waals surface area contributed by atoms with Crippen LogP contribution in [-0.4, -0.2) is 20.5 Å². The largest absolute Gasteiger partial charge is 0.507 e. The normalized spacial score (nSPS) is 13.0. The summed E-state index contributed by atoms with van der Waals surface area (Å²) >= 11 is 6.23. The van der Waals surface area contributed by atoms with E-state index in [4.69, 9.17) is 17.3 Å². The number of aromatic nitrogens is 2. The fourth-order valence-corrected chi connectivity index (χ4v) is 3.41. The summed E-state index contributed by atoms with van der Waals surface area (Å²) in [5.74, 6) is -0.413. The van der Waals surface area contributed by atoms with Gasteiger partial charge >= 0.3 is 5.69 Å². The first-order valence-corrected chi connectivity index (χ1v) is 9.43. The van der Waals surface area contributed by atoms with Crippen molar-refractivity contribution < 1.29 is 5.11 Å². The minimum atomic E-state index is -0.751. The summed E-state index contributed by atoms with van der Waals surface area (Å²) in [5, 5.41) is 23.2. The Morgan fingerprint density at radius 3 is 2.58 bits per heavy atom. The van der Waals surface area contributed by atoms with Crippen LogP contribution in [0.4, 0.5) is 11.5 Å². The fourth-order valence-electron chi connectivity index (χ4n) is 3.22. The van der Waals surface area contributed by atoms with Gasteiger partial charge in [-0.15, -0.1) is 0 Å². The van der Waals surface area contributed by atoms with Crippen LogP contribution in [0.3, 0.4) is 0 Å². The van der Waals surface area contributed by atoms with Gasteiger partial charge in [-0.2, -0.15) is 5.26 Å². The van der Waals surface area contributed by atoms with Crippen molar-refractivity contribution >= 4 is 34.6 Å². The predicted octanol–water partition coefficient (Wildman–Crippen LogP) is 2.29. The molecule has 1 aromatic heterocycles. The number of phenols is 1. The van der Waals surface area contributed by atoms with Crippen molar-refractivity contribution in [1.82, 2.24) is 9.55 Å². The number of nitriles is 1. The standard InChI is InChI=1S/C21H15ClN6O3/c22-14-7-3-1-5-11(14)10-28-19-17(20(30)27-21(28)31)25-16(13(9-23)18(24)26-19)12-6-2-4-8-15(12)29/h1-8,25,29H,10H2,(H2,24,26)(H,27,30,31). The third-order valence-electron chi connectivity index (χ3n) is 4.73. The maximum absolute atomic E-state index is 12.6. The van der Waals surface area contributed by atoms with Crippen LogP contribution in [0, 0.1) is 11.3 Å². The molecule has 0 unspecified atom stereocenters. The van der Waals surface area contributed by atoms with E-state index in [2.05, 4.69) is 15.3 Å². The van der Waals surface area contributed by atoms with Crippen molar-refractivity contribution in [2.75, 3.05) is 5.32 Å². The first kappa shape index (κ1) is 20.0. The minimum absolute atomic E-state index is 0.00386. The summed E-state index contributed by atoms with van der Waals surface area (Å²) in [6.45, 7) is 0.00386. The molecule has 10 heteroatoms. The van der Waals surface area contributed by atoms with E-state index in [9.17, 15) is 20.0 Å². The van der Waals surface area contributed by atoms with E-state index in [1.54, 1.807) is 42.5 Å². The summed E-state index contributed by atoms with van der Waals surface area (Å²) in [4.78, 5) is 31.7. The third kappa shape index (κ3) is 3.56. The highest BCUT2D eigenvalue weighted by atomic mass is 35.5. The molecule has 0 saturated carbocycles. The number of H-pyrrole nitrogens is 1. The zero-order valence-corrected chi connectivity index (χ0v) is 16.6. The van der Waals surface area contributed by atoms with Crippen LogP contribution in [0.25, 0.3) is 5.70 Å². The van der Waals surface area contributed by atoms with Crippen molar-refractivity contribution in [3.63, 3.8) is 0 Å². The number of nitrogens with one attached hydrogen (secondary N) is 2. The molecule has 0 radical (unpaired) electrons. The van der Waals surface area contributed by atoms with Crippen molar-refractivity contribution in [2.24, 2.45) is 10.7 Å². The minimum Gasteiger partial charge on any atom is -0.507 e. The number of aromatic hydroxyl groups is 1. The Labute approximate surface area is 180 Å². The third-order valence-corrected chi connectivity index (χ3v) is 5.09. The SMILES string of the molecule is N#CC1=C(c2ccccc2O)Nc2c(n(Cc3ccccc3Cl)c(=O)[nH]c2=O)N=C1N. The molecule has 2 aromatic carbocycles. The first-order chi connectivity index (χ1) is 14.9. The van der Waals surface area contributed by atoms with Gasteiger partial charge in [-0.3, -0.25) is 14.3 Å². The van der Waals surface area contributed by atoms with E-state index in [-0.39, 0.29) is 46.5 Å². The molecule has 2 heterocycles. The second-order valence-electron chi connectivity index (χ2n) is 6.64. The summed E-state index contributed by atoms with van der Waals surface area (Å²) in [5.41, 5.74) is 5.37. The van der Waals surface area contributed by atoms with Crippen LogP contribution in [0.2, 0.25) is 5.02 Å². The Morgan fingerprint density at radius 1 is 1.16 bits per heavy atom. The van der Waals surface area contributed by atoms with Gasteiger partial charge in [-0.25, -0.2) is 9.79 Å². The van der Waals surface area contributed by atoms with Gasteiger partial charge in [0.15, 0.2) is 5.82 Å². The van der Waals surface area contributed by atoms with Crippen LogP contribution >= 0.6 is 11.6 Å². The molecule has 0 atom stereocenters. The number of nitrogens with zero attached hydrogens (tertiary/aromatic N) is 3. The van der Waals surface area contributed by atoms with E-state index in [0.717, 1.165) is 0 Å². The maximum atomic E-state index is 12.6. The van der Waals surface area contributed by atoms with Crippen molar-refractivity contribution in [3.05, 3.63) is 91.1 Å². The number of phenolic OH excluding ortho intramolecular Hbond substituents is 1. The van der Waals surface area contributed by atoms with Gasteiger partial charge in [0.25, 0.3) is 5.56 Å². The fraction of sp³-hybridized carbons (Fsp3) is 0.0476. The van der Waals surface area contributed by atoms with Gasteiger partial charge in [-0.05, 0) is 23.8 Å². The molecule has 3 aromatic rings. The zero-order valence-electron chi connectivity index (χ0n) is 15.9. The van der Waals surface area contributed by atoms with Gasteiger partial charge in [-0.1, -0.05) is 41.9 Å². The maximum Gasteiger partial charge on any atom is 0.330 e. The lowest BCUT2D eigenvalue weighted by Gasteiger charge is -2.15. The molecule has 4 rings (SSSR count). The van der Waals surface area contributed by atoms with Crippen LogP contribution < -0.4 is 22.3 Å². The number of aromatic amines is 1. The molecule has 154 valence electrons. The highest BCUT2D eigenvalue weighted by molar-refractivity contribution is 6.31. The van der Waals surface area contributed by atoms with E-state index in [0.29, 0.717) is 10.6 Å². The second-order valence-corrected chi connectivity index (χ2v) is 7.04. The molecule has 9 nitrogen and oxygen atoms in total. The predicted molar refractivity (Wildman–Crippen MR) is 117 cm³/mol. The average Bonchev–Trinajstić information content (AvgIpc) is 2.89. The van der Waals surface area contributed by atoms with Gasteiger partial charge in [0.05, 0.1) is 12.2 Å². The summed E-state index contributed by atoms with van der Waals surface area (Å²) in [6.07, 6.45) is 0. The molecule has 0 fully saturated rings. The van der Waals surface area contributed by atoms with Gasteiger partial charge < -0.3 is 16.2 Å². The molecular formula is C21H15ClN6O3. The van der Waals surface area contributed by atoms with Crippen LogP contribution in [-0.2, 0) is 6.54 Å². The van der Waals surface area contributed by atoms with Gasteiger partial charge in [0.2, 0.25) is 0 Å². The number of nitrogens with two attached hydrogens (primary N) is 1. The summed E-state index contributed by atoms with van der Waals surface area (Å²) < 4.78 is 1.20. The Kier molecular flexibility index (Phi) is 5.07. The number of benzene rings is 2. The number of anilines is 1. The Morgan fingerprint density at radius 2 is 1.87 bits per heavy atom. The Hall–Kier alpha value is -4.29. The molecule has 1 aliphatic rings. The number of para-hydroxylation sites is 1. The molecule has 5 N–H and O–H groups in total. The number of amidine groups is 1. The van der Waals surface area contributed by atoms with Crippen LogP contribution in [0.15, 0.2) is 68.7 Å². The lowest BCUT2D eigenvalue weighted by Crippen LogP contribution is -2.32. The van der Waals surface area contributed by atoms with Crippen LogP contribution in [0.1, 0.15) is 11.1 Å². The molecule has 0 bridgehead atoms. The summed E-state index contributed by atoms with van der Waals surface area (Å²) in [6, 6.07) is 15.1. The Balaban J connectivity index is 1.96. The molecular weight excluding hydrogens is 420 g/mol. The quantitative estimate of drug-likeness (QED) is 0.496. The molecule has 0 aliphatic carbocycles. The van der Waals surface area contributed by atoms with E-state index < -0.39 is 11.2 Å². The van der Waals surface area contributed by atoms with Crippen molar-refractivity contribution in [2.45, 2.75) is 6.54 Å². The molecule has 1 aliphatic heterocycles. The number of aliphatic imine (C=N–C) groups is 1. The first-order valence-electron chi connectivity index (χ1n) is 9.05. The van der Waals surface area contributed by atoms with Crippen molar-refractivity contribution in [3.8, 4) is 11.8 Å². The molecule has 0 amide bonds. The van der Waals surface area contributed by atoms with E-state index >= 15 is 0 Å². The van der Waals surface area contributed by atoms with E-state index in [1.165, 1.54) is 10.6 Å². The Bertz CT molecular complexity index is 1430. The van der Waals surface area contributed by atoms with Crippen molar-refractivity contribution in [1.29, 1.82) is 5.26 Å². The van der Waals surface area contributed by atoms with E-state index in [1.807, 2.05) is 6.07 Å². The molecule has 0 spiro atoms. The molecule has 31 heavy (non-hydrogen) atoms. The number of fused-ring (bicyclic) bond motifs is 1. The second kappa shape index (κ2) is 7.85.